The molecule has 1 fully saturated rings. The summed E-state index contributed by atoms with van der Waals surface area (Å²) in [4.78, 5) is 20.7. The van der Waals surface area contributed by atoms with Crippen LogP contribution in [0, 0.1) is 6.92 Å². The number of ether oxygens (including phenoxy) is 2. The van der Waals surface area contributed by atoms with Crippen molar-refractivity contribution in [1.29, 1.82) is 0 Å². The van der Waals surface area contributed by atoms with Gasteiger partial charge in [-0.15, -0.1) is 0 Å². The third kappa shape index (κ3) is 3.86. The minimum absolute atomic E-state index is 0.279. The van der Waals surface area contributed by atoms with E-state index < -0.39 is 0 Å². The van der Waals surface area contributed by atoms with Crippen LogP contribution in [0.25, 0.3) is 22.1 Å². The standard InChI is InChI=1S/C27H26N8O2/c1-16-9-17(3-6-23(16)37-19-4-5-22-20(10-19)31-15-34(22)2)32-26-25-21(29-14-30-26)11-24-27(33-25)35-8-7-28-12-18(35)13-36-24/h3-6,9-11,14-15,18,28H,7-8,12-13H2,1-2H3,(H,29,30,32)/t18-/m1/s1. The summed E-state index contributed by atoms with van der Waals surface area (Å²) in [5.74, 6) is 3.81. The predicted molar refractivity (Wildman–Crippen MR) is 142 cm³/mol. The lowest BCUT2D eigenvalue weighted by molar-refractivity contribution is 0.245. The molecular weight excluding hydrogens is 468 g/mol. The zero-order valence-electron chi connectivity index (χ0n) is 20.6. The lowest BCUT2D eigenvalue weighted by atomic mass is 10.1. The lowest BCUT2D eigenvalue weighted by Crippen LogP contribution is -2.56. The van der Waals surface area contributed by atoms with E-state index in [1.807, 2.05) is 61.0 Å². The topological polar surface area (TPSA) is 102 Å². The molecule has 0 radical (unpaired) electrons. The number of aryl methyl sites for hydroxylation is 2. The van der Waals surface area contributed by atoms with Gasteiger partial charge in [-0.05, 0) is 42.8 Å². The molecule has 0 saturated carbocycles. The fraction of sp³-hybridized carbons (Fsp3) is 0.259. The fourth-order valence-electron chi connectivity index (χ4n) is 5.02. The van der Waals surface area contributed by atoms with Crippen LogP contribution in [-0.4, -0.2) is 56.8 Å². The van der Waals surface area contributed by atoms with Crippen molar-refractivity contribution < 1.29 is 9.47 Å². The minimum atomic E-state index is 0.279. The number of aromatic nitrogens is 5. The van der Waals surface area contributed by atoms with E-state index in [1.54, 1.807) is 12.7 Å². The van der Waals surface area contributed by atoms with Gasteiger partial charge in [-0.2, -0.15) is 0 Å². The van der Waals surface area contributed by atoms with Crippen LogP contribution in [0.15, 0.2) is 55.1 Å². The number of piperazine rings is 1. The molecule has 0 aliphatic carbocycles. The number of hydrogen-bond donors (Lipinski definition) is 2. The Hall–Kier alpha value is -4.44. The molecule has 37 heavy (non-hydrogen) atoms. The average molecular weight is 495 g/mol. The summed E-state index contributed by atoms with van der Waals surface area (Å²) in [6.45, 7) is 5.37. The number of fused-ring (bicyclic) bond motifs is 5. The molecule has 7 rings (SSSR count). The molecule has 1 saturated heterocycles. The van der Waals surface area contributed by atoms with Crippen LogP contribution in [0.1, 0.15) is 5.56 Å². The Morgan fingerprint density at radius 1 is 1.08 bits per heavy atom. The lowest BCUT2D eigenvalue weighted by Gasteiger charge is -2.40. The number of rotatable bonds is 4. The predicted octanol–water partition coefficient (Wildman–Crippen LogP) is 3.93. The Morgan fingerprint density at radius 3 is 2.95 bits per heavy atom. The van der Waals surface area contributed by atoms with Gasteiger partial charge in [-0.1, -0.05) is 0 Å². The number of anilines is 3. The minimum Gasteiger partial charge on any atom is -0.487 e. The Bertz CT molecular complexity index is 1650. The molecule has 2 aliphatic heterocycles. The highest BCUT2D eigenvalue weighted by Crippen LogP contribution is 2.37. The van der Waals surface area contributed by atoms with E-state index in [0.717, 1.165) is 70.5 Å². The first-order chi connectivity index (χ1) is 18.1. The summed E-state index contributed by atoms with van der Waals surface area (Å²) < 4.78 is 14.2. The first kappa shape index (κ1) is 21.8. The maximum Gasteiger partial charge on any atom is 0.172 e. The van der Waals surface area contributed by atoms with Crippen molar-refractivity contribution >= 4 is 39.4 Å². The number of imidazole rings is 1. The third-order valence-electron chi connectivity index (χ3n) is 6.97. The second-order valence-corrected chi connectivity index (χ2v) is 9.48. The van der Waals surface area contributed by atoms with Gasteiger partial charge in [-0.25, -0.2) is 19.9 Å². The van der Waals surface area contributed by atoms with Crippen LogP contribution in [0.3, 0.4) is 0 Å². The highest BCUT2D eigenvalue weighted by molar-refractivity contribution is 5.90. The van der Waals surface area contributed by atoms with E-state index in [0.29, 0.717) is 17.9 Å². The molecule has 0 amide bonds. The first-order valence-electron chi connectivity index (χ1n) is 12.3. The SMILES string of the molecule is Cc1cc(Nc2ncnc3cc4c(nc23)N2CCNC[C@@H]2CO4)ccc1Oc1ccc2c(c1)ncn2C. The monoisotopic (exact) mass is 494 g/mol. The van der Waals surface area contributed by atoms with E-state index in [9.17, 15) is 0 Å². The second-order valence-electron chi connectivity index (χ2n) is 9.48. The van der Waals surface area contributed by atoms with Crippen molar-refractivity contribution in [3.63, 3.8) is 0 Å². The Kier molecular flexibility index (Phi) is 5.07. The molecule has 1 atom stereocenters. The molecule has 0 unspecified atom stereocenters. The van der Waals surface area contributed by atoms with Gasteiger partial charge < -0.3 is 29.6 Å². The molecule has 186 valence electrons. The van der Waals surface area contributed by atoms with Crippen molar-refractivity contribution in [3.05, 3.63) is 60.7 Å². The second kappa shape index (κ2) is 8.59. The molecule has 5 aromatic rings. The van der Waals surface area contributed by atoms with E-state index in [1.165, 1.54) is 0 Å². The van der Waals surface area contributed by atoms with E-state index in [2.05, 4.69) is 30.5 Å². The largest absolute Gasteiger partial charge is 0.487 e. The molecule has 10 heteroatoms. The maximum atomic E-state index is 6.17. The summed E-state index contributed by atoms with van der Waals surface area (Å²) in [7, 11) is 1.98. The molecule has 2 N–H and O–H groups in total. The smallest absolute Gasteiger partial charge is 0.172 e. The number of pyridine rings is 1. The van der Waals surface area contributed by atoms with Crippen LogP contribution in [0.4, 0.5) is 17.3 Å². The normalized spacial score (nSPS) is 16.8. The zero-order valence-corrected chi connectivity index (χ0v) is 20.6. The zero-order chi connectivity index (χ0) is 24.9. The number of hydrogen-bond acceptors (Lipinski definition) is 9. The van der Waals surface area contributed by atoms with Gasteiger partial charge >= 0.3 is 0 Å². The average Bonchev–Trinajstić information content (AvgIpc) is 3.29. The molecule has 0 bridgehead atoms. The van der Waals surface area contributed by atoms with E-state index in [-0.39, 0.29) is 6.04 Å². The van der Waals surface area contributed by atoms with Crippen LogP contribution in [-0.2, 0) is 7.05 Å². The highest BCUT2D eigenvalue weighted by Gasteiger charge is 2.31. The summed E-state index contributed by atoms with van der Waals surface area (Å²) in [5.41, 5.74) is 5.30. The van der Waals surface area contributed by atoms with Crippen LogP contribution in [0.5, 0.6) is 17.2 Å². The molecule has 0 spiro atoms. The van der Waals surface area contributed by atoms with E-state index >= 15 is 0 Å². The third-order valence-corrected chi connectivity index (χ3v) is 6.97. The van der Waals surface area contributed by atoms with Gasteiger partial charge in [0.1, 0.15) is 29.9 Å². The van der Waals surface area contributed by atoms with Gasteiger partial charge in [0.25, 0.3) is 0 Å². The van der Waals surface area contributed by atoms with Crippen LogP contribution >= 0.6 is 0 Å². The van der Waals surface area contributed by atoms with Crippen molar-refractivity contribution in [2.75, 3.05) is 36.5 Å². The van der Waals surface area contributed by atoms with Gasteiger partial charge in [0.15, 0.2) is 17.4 Å². The highest BCUT2D eigenvalue weighted by atomic mass is 16.5. The van der Waals surface area contributed by atoms with Gasteiger partial charge in [0.2, 0.25) is 0 Å². The number of benzene rings is 2. The van der Waals surface area contributed by atoms with Crippen molar-refractivity contribution in [2.45, 2.75) is 13.0 Å². The molecule has 5 heterocycles. The number of nitrogens with zero attached hydrogens (tertiary/aromatic N) is 6. The van der Waals surface area contributed by atoms with Gasteiger partial charge in [0, 0.05) is 44.5 Å². The Morgan fingerprint density at radius 2 is 2.03 bits per heavy atom. The first-order valence-corrected chi connectivity index (χ1v) is 12.3. The van der Waals surface area contributed by atoms with Crippen molar-refractivity contribution in [1.82, 2.24) is 29.8 Å². The quantitative estimate of drug-likeness (QED) is 0.385. The molecule has 3 aromatic heterocycles. The fourth-order valence-corrected chi connectivity index (χ4v) is 5.02. The summed E-state index contributed by atoms with van der Waals surface area (Å²) in [6.07, 6.45) is 3.35. The summed E-state index contributed by atoms with van der Waals surface area (Å²) >= 11 is 0. The van der Waals surface area contributed by atoms with Crippen LogP contribution < -0.4 is 25.0 Å². The maximum absolute atomic E-state index is 6.17. The summed E-state index contributed by atoms with van der Waals surface area (Å²) in [5, 5.41) is 6.86. The molecule has 10 nitrogen and oxygen atoms in total. The van der Waals surface area contributed by atoms with Crippen molar-refractivity contribution in [2.24, 2.45) is 7.05 Å². The summed E-state index contributed by atoms with van der Waals surface area (Å²) in [6, 6.07) is 14.1. The number of nitrogens with one attached hydrogen (secondary N) is 2. The molecular formula is C27H26N8O2. The molecule has 2 aromatic carbocycles. The van der Waals surface area contributed by atoms with Crippen molar-refractivity contribution in [3.8, 4) is 17.2 Å². The Labute approximate surface area is 213 Å². The van der Waals surface area contributed by atoms with Gasteiger partial charge in [-0.3, -0.25) is 0 Å². The Balaban J connectivity index is 1.17. The molecule has 2 aliphatic rings. The van der Waals surface area contributed by atoms with E-state index in [4.69, 9.17) is 14.5 Å². The van der Waals surface area contributed by atoms with Gasteiger partial charge in [0.05, 0.1) is 28.9 Å². The van der Waals surface area contributed by atoms with Crippen LogP contribution in [0.2, 0.25) is 0 Å².